The van der Waals surface area contributed by atoms with Gasteiger partial charge in [0.2, 0.25) is 11.8 Å². The molecule has 0 bridgehead atoms. The lowest BCUT2D eigenvalue weighted by Crippen LogP contribution is -2.43. The summed E-state index contributed by atoms with van der Waals surface area (Å²) in [4.78, 5) is 35.2. The van der Waals surface area contributed by atoms with Crippen LogP contribution in [0, 0.1) is 11.8 Å². The van der Waals surface area contributed by atoms with Gasteiger partial charge >= 0.3 is 5.97 Å². The van der Waals surface area contributed by atoms with Gasteiger partial charge in [-0.05, 0) is 12.3 Å². The van der Waals surface area contributed by atoms with E-state index >= 15 is 0 Å². The Morgan fingerprint density at radius 2 is 2.12 bits per heavy atom. The molecule has 2 amide bonds. The Balaban J connectivity index is 2.05. The van der Waals surface area contributed by atoms with Crippen LogP contribution in [0.5, 0.6) is 0 Å². The minimum absolute atomic E-state index is 0.0454. The van der Waals surface area contributed by atoms with Crippen molar-refractivity contribution in [1.82, 2.24) is 4.90 Å². The molecule has 6 nitrogen and oxygen atoms in total. The number of hydrogen-bond acceptors (Lipinski definition) is 3. The highest BCUT2D eigenvalue weighted by Gasteiger charge is 2.41. The Morgan fingerprint density at radius 1 is 1.47 bits per heavy atom. The lowest BCUT2D eigenvalue weighted by atomic mass is 10.1. The van der Waals surface area contributed by atoms with Crippen LogP contribution in [0.2, 0.25) is 0 Å². The van der Waals surface area contributed by atoms with Crippen LogP contribution >= 0.6 is 0 Å². The number of likely N-dealkylation sites (tertiary alicyclic amines) is 1. The number of carboxylic acids is 1. The molecule has 3 N–H and O–H groups in total. The summed E-state index contributed by atoms with van der Waals surface area (Å²) >= 11 is 0. The fourth-order valence-electron chi connectivity index (χ4n) is 2.25. The monoisotopic (exact) mass is 240 g/mol. The molecule has 2 atom stereocenters. The zero-order valence-corrected chi connectivity index (χ0v) is 9.46. The van der Waals surface area contributed by atoms with Gasteiger partial charge in [-0.25, -0.2) is 4.79 Å². The second-order valence-electron chi connectivity index (χ2n) is 4.88. The van der Waals surface area contributed by atoms with Crippen LogP contribution in [0.4, 0.5) is 0 Å². The molecule has 2 aliphatic rings. The van der Waals surface area contributed by atoms with Gasteiger partial charge in [-0.1, -0.05) is 12.8 Å². The number of amides is 2. The maximum absolute atomic E-state index is 11.7. The molecule has 0 aromatic heterocycles. The SMILES string of the molecule is NC(=O)C1CC(=O)N(C(CC2CC2)C(=O)O)C1. The summed E-state index contributed by atoms with van der Waals surface area (Å²) in [6.07, 6.45) is 2.60. The molecule has 0 aromatic carbocycles. The van der Waals surface area contributed by atoms with Crippen LogP contribution in [0.3, 0.4) is 0 Å². The van der Waals surface area contributed by atoms with E-state index < -0.39 is 23.8 Å². The van der Waals surface area contributed by atoms with Gasteiger partial charge in [0, 0.05) is 13.0 Å². The second kappa shape index (κ2) is 4.35. The van der Waals surface area contributed by atoms with E-state index in [1.807, 2.05) is 0 Å². The smallest absolute Gasteiger partial charge is 0.326 e. The summed E-state index contributed by atoms with van der Waals surface area (Å²) in [6, 6.07) is -0.792. The normalized spacial score (nSPS) is 26.0. The average Bonchev–Trinajstić information content (AvgIpc) is 2.97. The Kier molecular flexibility index (Phi) is 3.04. The molecule has 1 heterocycles. The summed E-state index contributed by atoms with van der Waals surface area (Å²) < 4.78 is 0. The molecule has 1 aliphatic carbocycles. The molecule has 2 unspecified atom stereocenters. The van der Waals surface area contributed by atoms with Crippen molar-refractivity contribution < 1.29 is 19.5 Å². The number of carboxylic acid groups (broad SMARTS) is 1. The van der Waals surface area contributed by atoms with Crippen molar-refractivity contribution >= 4 is 17.8 Å². The Bertz CT molecular complexity index is 364. The molecule has 0 spiro atoms. The van der Waals surface area contributed by atoms with Crippen molar-refractivity contribution in [2.75, 3.05) is 6.54 Å². The number of nitrogens with two attached hydrogens (primary N) is 1. The standard InChI is InChI=1S/C11H16N2O4/c12-10(15)7-4-9(14)13(5-7)8(11(16)17)3-6-1-2-6/h6-8H,1-5H2,(H2,12,15)(H,16,17). The van der Waals surface area contributed by atoms with Crippen LogP contribution in [0.1, 0.15) is 25.7 Å². The van der Waals surface area contributed by atoms with Crippen LogP contribution < -0.4 is 5.73 Å². The largest absolute Gasteiger partial charge is 0.480 e. The van der Waals surface area contributed by atoms with Crippen molar-refractivity contribution in [3.05, 3.63) is 0 Å². The first-order chi connectivity index (χ1) is 7.99. The first-order valence-electron chi connectivity index (χ1n) is 5.80. The van der Waals surface area contributed by atoms with Crippen LogP contribution in [-0.2, 0) is 14.4 Å². The predicted octanol–water partition coefficient (Wildman–Crippen LogP) is -0.427. The van der Waals surface area contributed by atoms with Crippen molar-refractivity contribution in [1.29, 1.82) is 0 Å². The van der Waals surface area contributed by atoms with Gasteiger partial charge in [0.25, 0.3) is 0 Å². The molecule has 2 fully saturated rings. The van der Waals surface area contributed by atoms with E-state index in [0.29, 0.717) is 12.3 Å². The molecular weight excluding hydrogens is 224 g/mol. The number of nitrogens with zero attached hydrogens (tertiary/aromatic N) is 1. The van der Waals surface area contributed by atoms with Crippen molar-refractivity contribution in [2.24, 2.45) is 17.6 Å². The van der Waals surface area contributed by atoms with Gasteiger partial charge in [0.1, 0.15) is 6.04 Å². The quantitative estimate of drug-likeness (QED) is 0.681. The van der Waals surface area contributed by atoms with Gasteiger partial charge < -0.3 is 15.7 Å². The van der Waals surface area contributed by atoms with Gasteiger partial charge in [-0.3, -0.25) is 9.59 Å². The van der Waals surface area contributed by atoms with Crippen molar-refractivity contribution in [2.45, 2.75) is 31.7 Å². The minimum Gasteiger partial charge on any atom is -0.480 e. The van der Waals surface area contributed by atoms with E-state index in [1.54, 1.807) is 0 Å². The van der Waals surface area contributed by atoms with Gasteiger partial charge in [-0.15, -0.1) is 0 Å². The Morgan fingerprint density at radius 3 is 2.53 bits per heavy atom. The summed E-state index contributed by atoms with van der Waals surface area (Å²) in [7, 11) is 0. The molecule has 1 saturated heterocycles. The number of aliphatic carboxylic acids is 1. The number of carbonyl (C=O) groups is 3. The van der Waals surface area contributed by atoms with Crippen molar-refractivity contribution in [3.63, 3.8) is 0 Å². The topological polar surface area (TPSA) is 101 Å². The number of hydrogen-bond donors (Lipinski definition) is 2. The van der Waals surface area contributed by atoms with E-state index in [9.17, 15) is 14.4 Å². The fourth-order valence-corrected chi connectivity index (χ4v) is 2.25. The molecule has 1 saturated carbocycles. The summed E-state index contributed by atoms with van der Waals surface area (Å²) in [5, 5.41) is 9.14. The highest BCUT2D eigenvalue weighted by Crippen LogP contribution is 2.36. The van der Waals surface area contributed by atoms with E-state index in [4.69, 9.17) is 10.8 Å². The molecule has 1 aliphatic heterocycles. The van der Waals surface area contributed by atoms with Crippen LogP contribution in [0.15, 0.2) is 0 Å². The van der Waals surface area contributed by atoms with Crippen LogP contribution in [0.25, 0.3) is 0 Å². The highest BCUT2D eigenvalue weighted by atomic mass is 16.4. The number of primary amides is 1. The van der Waals surface area contributed by atoms with Gasteiger partial charge in [0.15, 0.2) is 0 Å². The second-order valence-corrected chi connectivity index (χ2v) is 4.88. The lowest BCUT2D eigenvalue weighted by Gasteiger charge is -2.24. The fraction of sp³-hybridized carbons (Fsp3) is 0.727. The van der Waals surface area contributed by atoms with Crippen molar-refractivity contribution in [3.8, 4) is 0 Å². The third kappa shape index (κ3) is 2.57. The molecule has 17 heavy (non-hydrogen) atoms. The Hall–Kier alpha value is -1.59. The zero-order valence-electron chi connectivity index (χ0n) is 9.46. The maximum atomic E-state index is 11.7. The minimum atomic E-state index is -0.990. The zero-order chi connectivity index (χ0) is 12.6. The molecule has 0 radical (unpaired) electrons. The molecule has 94 valence electrons. The van der Waals surface area contributed by atoms with E-state index in [2.05, 4.69) is 0 Å². The molecular formula is C11H16N2O4. The molecule has 0 aromatic rings. The van der Waals surface area contributed by atoms with E-state index in [1.165, 1.54) is 4.90 Å². The van der Waals surface area contributed by atoms with E-state index in [-0.39, 0.29) is 18.9 Å². The average molecular weight is 240 g/mol. The predicted molar refractivity (Wildman–Crippen MR) is 57.8 cm³/mol. The third-order valence-corrected chi connectivity index (χ3v) is 3.48. The summed E-state index contributed by atoms with van der Waals surface area (Å²) in [5.41, 5.74) is 5.15. The Labute approximate surface area is 98.8 Å². The van der Waals surface area contributed by atoms with E-state index in [0.717, 1.165) is 12.8 Å². The third-order valence-electron chi connectivity index (χ3n) is 3.48. The van der Waals surface area contributed by atoms with Crippen LogP contribution in [-0.4, -0.2) is 40.4 Å². The first-order valence-corrected chi connectivity index (χ1v) is 5.80. The number of rotatable bonds is 5. The number of carbonyl (C=O) groups excluding carboxylic acids is 2. The molecule has 6 heteroatoms. The highest BCUT2D eigenvalue weighted by molar-refractivity contribution is 5.91. The maximum Gasteiger partial charge on any atom is 0.326 e. The van der Waals surface area contributed by atoms with Gasteiger partial charge in [-0.2, -0.15) is 0 Å². The summed E-state index contributed by atoms with van der Waals surface area (Å²) in [5.74, 6) is -1.92. The molecule has 2 rings (SSSR count). The summed E-state index contributed by atoms with van der Waals surface area (Å²) in [6.45, 7) is 0.151. The van der Waals surface area contributed by atoms with Gasteiger partial charge in [0.05, 0.1) is 5.92 Å². The lowest BCUT2D eigenvalue weighted by molar-refractivity contribution is -0.148. The first kappa shape index (κ1) is 11.9.